The fourth-order valence-electron chi connectivity index (χ4n) is 2.44. The van der Waals surface area contributed by atoms with Gasteiger partial charge in [-0.3, -0.25) is 14.4 Å². The number of carbonyl (C=O) groups excluding carboxylic acids is 3. The molecule has 2 aromatic rings. The summed E-state index contributed by atoms with van der Waals surface area (Å²) in [6.45, 7) is 0. The lowest BCUT2D eigenvalue weighted by Crippen LogP contribution is -2.56. The number of fused-ring (bicyclic) bond motifs is 1. The van der Waals surface area contributed by atoms with Crippen molar-refractivity contribution < 1.29 is 19.5 Å². The molecule has 0 saturated heterocycles. The number of aliphatic hydroxyl groups is 1. The molecule has 1 amide bonds. The fraction of sp³-hybridized carbons (Fsp3) is 0.125. The fourth-order valence-corrected chi connectivity index (χ4v) is 2.99. The van der Waals surface area contributed by atoms with Gasteiger partial charge in [0.05, 0.1) is 5.56 Å². The molecule has 0 atom stereocenters. The highest BCUT2D eigenvalue weighted by Gasteiger charge is 2.53. The maximum absolute atomic E-state index is 12.4. The molecule has 2 N–H and O–H groups in total. The van der Waals surface area contributed by atoms with Crippen LogP contribution in [0.5, 0.6) is 0 Å². The van der Waals surface area contributed by atoms with Crippen LogP contribution in [-0.4, -0.2) is 39.5 Å². The van der Waals surface area contributed by atoms with Gasteiger partial charge in [-0.05, 0) is 18.4 Å². The van der Waals surface area contributed by atoms with Crippen LogP contribution >= 0.6 is 11.8 Å². The standard InChI is InChI=1S/C16H12N2O4S/c1-23-15-11(7-4-8-17-15)14(21)18-16(22)12(19)9-5-2-3-6-10(9)13(16)20/h2-8,22H,1H3,(H,18,21). The maximum atomic E-state index is 12.4. The number of carbonyl (C=O) groups is 3. The van der Waals surface area contributed by atoms with Crippen molar-refractivity contribution >= 4 is 29.2 Å². The quantitative estimate of drug-likeness (QED) is 0.501. The van der Waals surface area contributed by atoms with Gasteiger partial charge in [-0.2, -0.15) is 0 Å². The Bertz CT molecular complexity index is 799. The summed E-state index contributed by atoms with van der Waals surface area (Å²) in [6.07, 6.45) is 3.27. The van der Waals surface area contributed by atoms with Crippen LogP contribution in [0, 0.1) is 0 Å². The summed E-state index contributed by atoms with van der Waals surface area (Å²) in [5.74, 6) is -2.40. The van der Waals surface area contributed by atoms with Gasteiger partial charge < -0.3 is 10.4 Å². The monoisotopic (exact) mass is 328 g/mol. The first-order valence-corrected chi connectivity index (χ1v) is 7.94. The van der Waals surface area contributed by atoms with E-state index in [4.69, 9.17) is 0 Å². The first kappa shape index (κ1) is 15.4. The van der Waals surface area contributed by atoms with Gasteiger partial charge in [-0.15, -0.1) is 11.8 Å². The Hall–Kier alpha value is -2.51. The van der Waals surface area contributed by atoms with Crippen molar-refractivity contribution in [2.75, 3.05) is 6.26 Å². The van der Waals surface area contributed by atoms with Crippen LogP contribution in [0.1, 0.15) is 31.1 Å². The number of hydrogen-bond acceptors (Lipinski definition) is 6. The summed E-state index contributed by atoms with van der Waals surface area (Å²) in [6, 6.07) is 9.13. The third kappa shape index (κ3) is 2.34. The Labute approximate surface area is 135 Å². The zero-order chi connectivity index (χ0) is 16.6. The normalized spacial score (nSPS) is 15.4. The number of amides is 1. The van der Waals surface area contributed by atoms with E-state index in [0.717, 1.165) is 0 Å². The lowest BCUT2D eigenvalue weighted by Gasteiger charge is -2.21. The molecule has 1 aliphatic rings. The number of ketones is 2. The van der Waals surface area contributed by atoms with Gasteiger partial charge in [0, 0.05) is 17.3 Å². The number of aromatic nitrogens is 1. The van der Waals surface area contributed by atoms with Crippen LogP contribution in [0.3, 0.4) is 0 Å². The summed E-state index contributed by atoms with van der Waals surface area (Å²) >= 11 is 1.25. The van der Waals surface area contributed by atoms with Crippen LogP contribution in [0.25, 0.3) is 0 Å². The minimum Gasteiger partial charge on any atom is -0.358 e. The number of rotatable bonds is 3. The van der Waals surface area contributed by atoms with Crippen LogP contribution in [0.15, 0.2) is 47.6 Å². The molecule has 3 rings (SSSR count). The molecule has 116 valence electrons. The van der Waals surface area contributed by atoms with Gasteiger partial charge >= 0.3 is 0 Å². The largest absolute Gasteiger partial charge is 0.358 e. The van der Waals surface area contributed by atoms with Gasteiger partial charge in [-0.25, -0.2) is 4.98 Å². The van der Waals surface area contributed by atoms with Gasteiger partial charge in [0.25, 0.3) is 11.6 Å². The molecule has 0 bridgehead atoms. The minimum absolute atomic E-state index is 0.0941. The minimum atomic E-state index is -2.58. The molecule has 23 heavy (non-hydrogen) atoms. The molecular weight excluding hydrogens is 316 g/mol. The number of pyridine rings is 1. The van der Waals surface area contributed by atoms with E-state index < -0.39 is 23.2 Å². The van der Waals surface area contributed by atoms with E-state index in [1.807, 2.05) is 0 Å². The Kier molecular flexibility index (Phi) is 3.75. The average Bonchev–Trinajstić information content (AvgIpc) is 2.77. The molecule has 0 spiro atoms. The first-order valence-electron chi connectivity index (χ1n) is 6.71. The topological polar surface area (TPSA) is 96.4 Å². The highest BCUT2D eigenvalue weighted by atomic mass is 32.2. The second-order valence-electron chi connectivity index (χ2n) is 4.93. The Morgan fingerprint density at radius 1 is 1.13 bits per heavy atom. The van der Waals surface area contributed by atoms with Crippen molar-refractivity contribution in [3.05, 3.63) is 59.3 Å². The van der Waals surface area contributed by atoms with Crippen molar-refractivity contribution in [2.45, 2.75) is 10.8 Å². The molecule has 1 aromatic heterocycles. The zero-order valence-electron chi connectivity index (χ0n) is 12.1. The number of nitrogens with zero attached hydrogens (tertiary/aromatic N) is 1. The maximum Gasteiger partial charge on any atom is 0.268 e. The predicted octanol–water partition coefficient (Wildman–Crippen LogP) is 1.30. The molecule has 7 heteroatoms. The van der Waals surface area contributed by atoms with E-state index in [-0.39, 0.29) is 16.7 Å². The second-order valence-corrected chi connectivity index (χ2v) is 5.72. The van der Waals surface area contributed by atoms with Crippen molar-refractivity contribution in [1.82, 2.24) is 10.3 Å². The lowest BCUT2D eigenvalue weighted by atomic mass is 10.1. The number of Topliss-reactive ketones (excluding diaryl/α,β-unsaturated/α-hetero) is 2. The van der Waals surface area contributed by atoms with E-state index in [0.29, 0.717) is 5.03 Å². The molecular formula is C16H12N2O4S. The summed E-state index contributed by atoms with van der Waals surface area (Å²) < 4.78 is 0. The third-order valence-electron chi connectivity index (χ3n) is 3.58. The van der Waals surface area contributed by atoms with Gasteiger partial charge in [0.15, 0.2) is 0 Å². The molecule has 1 aliphatic carbocycles. The smallest absolute Gasteiger partial charge is 0.268 e. The first-order chi connectivity index (χ1) is 11.0. The van der Waals surface area contributed by atoms with Crippen molar-refractivity contribution in [3.63, 3.8) is 0 Å². The summed E-state index contributed by atoms with van der Waals surface area (Å²) in [5.41, 5.74) is -2.20. The molecule has 0 unspecified atom stereocenters. The van der Waals surface area contributed by atoms with Gasteiger partial charge in [0.1, 0.15) is 5.03 Å². The van der Waals surface area contributed by atoms with E-state index in [9.17, 15) is 19.5 Å². The third-order valence-corrected chi connectivity index (χ3v) is 4.29. The summed E-state index contributed by atoms with van der Waals surface area (Å²) in [5, 5.41) is 13.1. The van der Waals surface area contributed by atoms with E-state index in [1.54, 1.807) is 24.5 Å². The average molecular weight is 328 g/mol. The van der Waals surface area contributed by atoms with Crippen LogP contribution in [0.4, 0.5) is 0 Å². The SMILES string of the molecule is CSc1ncccc1C(=O)NC1(O)C(=O)c2ccccc2C1=O. The molecule has 0 radical (unpaired) electrons. The molecule has 1 heterocycles. The molecule has 0 aliphatic heterocycles. The number of thioether (sulfide) groups is 1. The van der Waals surface area contributed by atoms with E-state index >= 15 is 0 Å². The number of nitrogens with one attached hydrogen (secondary N) is 1. The Morgan fingerprint density at radius 2 is 1.74 bits per heavy atom. The van der Waals surface area contributed by atoms with Gasteiger partial charge in [0.2, 0.25) is 11.6 Å². The van der Waals surface area contributed by atoms with Crippen molar-refractivity contribution in [1.29, 1.82) is 0 Å². The Morgan fingerprint density at radius 3 is 2.30 bits per heavy atom. The second kappa shape index (κ2) is 5.60. The number of hydrogen-bond donors (Lipinski definition) is 2. The lowest BCUT2D eigenvalue weighted by molar-refractivity contribution is 0.0191. The Balaban J connectivity index is 1.96. The predicted molar refractivity (Wildman–Crippen MR) is 83.5 cm³/mol. The highest BCUT2D eigenvalue weighted by molar-refractivity contribution is 7.98. The molecule has 6 nitrogen and oxygen atoms in total. The molecule has 0 saturated carbocycles. The molecule has 0 fully saturated rings. The molecule has 1 aromatic carbocycles. The van der Waals surface area contributed by atoms with Crippen molar-refractivity contribution in [3.8, 4) is 0 Å². The number of benzene rings is 1. The summed E-state index contributed by atoms with van der Waals surface area (Å²) in [7, 11) is 0. The van der Waals surface area contributed by atoms with Crippen LogP contribution in [-0.2, 0) is 0 Å². The zero-order valence-corrected chi connectivity index (χ0v) is 12.9. The van der Waals surface area contributed by atoms with Crippen LogP contribution < -0.4 is 5.32 Å². The van der Waals surface area contributed by atoms with Crippen molar-refractivity contribution in [2.24, 2.45) is 0 Å². The van der Waals surface area contributed by atoms with E-state index in [2.05, 4.69) is 10.3 Å². The van der Waals surface area contributed by atoms with Crippen LogP contribution in [0.2, 0.25) is 0 Å². The highest BCUT2D eigenvalue weighted by Crippen LogP contribution is 2.29. The summed E-state index contributed by atoms with van der Waals surface area (Å²) in [4.78, 5) is 41.1. The van der Waals surface area contributed by atoms with Gasteiger partial charge in [-0.1, -0.05) is 24.3 Å². The van der Waals surface area contributed by atoms with E-state index in [1.165, 1.54) is 36.2 Å².